The highest BCUT2D eigenvalue weighted by atomic mass is 32.2. The Hall–Kier alpha value is -4.42. The van der Waals surface area contributed by atoms with E-state index in [0.29, 0.717) is 12.8 Å². The summed E-state index contributed by atoms with van der Waals surface area (Å²) >= 11 is 0. The third kappa shape index (κ3) is 15.2. The van der Waals surface area contributed by atoms with Gasteiger partial charge in [-0.05, 0) is 37.1 Å². The number of ether oxygens (including phenoxy) is 2. The molecule has 3 aromatic rings. The van der Waals surface area contributed by atoms with Crippen molar-refractivity contribution >= 4 is 39.3 Å². The minimum atomic E-state index is -4.73. The standard InChI is InChI=1S/C20H38O7S.C19H16N4/c1-3-5-7-9-11-13-15-26-19(21)17-18(28(23,24)25)20(22)27-16-14-12-10-8-6-4-2;1-4-10-16(11-5-1)19-20-22(17-12-6-2-7-13-17)23(21-19)18-14-8-3-9-15-18/h18H,3-17H2,1-2H3,(H,23,24,25);1-15H,(H,20,21). The Bertz CT molecular complexity index is 1560. The molecule has 1 heterocycles. The molecule has 0 fully saturated rings. The van der Waals surface area contributed by atoms with Crippen LogP contribution in [-0.4, -0.2) is 49.2 Å². The van der Waals surface area contributed by atoms with Gasteiger partial charge in [-0.3, -0.25) is 19.6 Å². The monoisotopic (exact) mass is 722 g/mol. The van der Waals surface area contributed by atoms with Crippen molar-refractivity contribution in [3.05, 3.63) is 96.6 Å². The first-order valence-electron chi connectivity index (χ1n) is 18.1. The predicted octanol–water partition coefficient (Wildman–Crippen LogP) is 8.23. The van der Waals surface area contributed by atoms with Gasteiger partial charge in [0.2, 0.25) is 0 Å². The van der Waals surface area contributed by atoms with Crippen LogP contribution in [0.2, 0.25) is 0 Å². The number of hydrogen-bond acceptors (Lipinski definition) is 10. The van der Waals surface area contributed by atoms with E-state index in [-0.39, 0.29) is 13.2 Å². The summed E-state index contributed by atoms with van der Waals surface area (Å²) in [6, 6.07) is 30.3. The van der Waals surface area contributed by atoms with Crippen LogP contribution >= 0.6 is 0 Å². The summed E-state index contributed by atoms with van der Waals surface area (Å²) in [5.41, 5.74) is 6.44. The molecule has 12 heteroatoms. The molecule has 0 aromatic heterocycles. The van der Waals surface area contributed by atoms with Crippen LogP contribution in [0.25, 0.3) is 0 Å². The Morgan fingerprint density at radius 3 is 1.69 bits per heavy atom. The lowest BCUT2D eigenvalue weighted by atomic mass is 10.1. The molecule has 0 saturated carbocycles. The van der Waals surface area contributed by atoms with Crippen molar-refractivity contribution in [1.82, 2.24) is 5.43 Å². The summed E-state index contributed by atoms with van der Waals surface area (Å²) in [4.78, 5) is 23.8. The lowest BCUT2D eigenvalue weighted by Crippen LogP contribution is -2.44. The smallest absolute Gasteiger partial charge is 0.327 e. The van der Waals surface area contributed by atoms with Crippen LogP contribution in [0.5, 0.6) is 0 Å². The van der Waals surface area contributed by atoms with Crippen molar-refractivity contribution in [2.75, 3.05) is 23.4 Å². The average molecular weight is 723 g/mol. The molecule has 3 aromatic carbocycles. The van der Waals surface area contributed by atoms with Gasteiger partial charge in [0.15, 0.2) is 11.1 Å². The Morgan fingerprint density at radius 1 is 0.686 bits per heavy atom. The number of esters is 2. The molecule has 0 aliphatic carbocycles. The zero-order chi connectivity index (χ0) is 36.7. The molecule has 2 N–H and O–H groups in total. The fourth-order valence-electron chi connectivity index (χ4n) is 5.24. The quantitative estimate of drug-likeness (QED) is 0.0628. The number of nitrogens with zero attached hydrogens (tertiary/aromatic N) is 3. The van der Waals surface area contributed by atoms with E-state index in [4.69, 9.17) is 14.6 Å². The Labute approximate surface area is 303 Å². The van der Waals surface area contributed by atoms with Crippen LogP contribution in [0.1, 0.15) is 103 Å². The van der Waals surface area contributed by atoms with Crippen molar-refractivity contribution in [2.45, 2.75) is 103 Å². The van der Waals surface area contributed by atoms with Crippen LogP contribution in [0.3, 0.4) is 0 Å². The van der Waals surface area contributed by atoms with Crippen molar-refractivity contribution in [3.63, 3.8) is 0 Å². The molecule has 0 saturated heterocycles. The van der Waals surface area contributed by atoms with Crippen molar-refractivity contribution in [1.29, 1.82) is 0 Å². The van der Waals surface area contributed by atoms with Gasteiger partial charge in [-0.25, -0.2) is 0 Å². The Balaban J connectivity index is 0.000000279. The second kappa shape index (κ2) is 23.1. The SMILES string of the molecule is CCCCCCCCOC(=O)CC(C(=O)OCCCCCCCC)S(=O)(=O)O.c1ccc(C2=NN(c3ccccc3)N(c3ccccc3)N2)cc1. The fraction of sp³-hybridized carbons (Fsp3) is 0.462. The summed E-state index contributed by atoms with van der Waals surface area (Å²) in [6.45, 7) is 4.50. The van der Waals surface area contributed by atoms with E-state index in [9.17, 15) is 22.6 Å². The lowest BCUT2D eigenvalue weighted by molar-refractivity contribution is -0.150. The third-order valence-electron chi connectivity index (χ3n) is 8.11. The Morgan fingerprint density at radius 2 is 1.16 bits per heavy atom. The number of para-hydroxylation sites is 2. The summed E-state index contributed by atoms with van der Waals surface area (Å²) in [6.07, 6.45) is 11.3. The summed E-state index contributed by atoms with van der Waals surface area (Å²) in [7, 11) is -4.73. The van der Waals surface area contributed by atoms with Gasteiger partial charge in [-0.15, -0.1) is 5.10 Å². The molecule has 1 atom stereocenters. The lowest BCUT2D eigenvalue weighted by Gasteiger charge is -2.27. The number of rotatable bonds is 21. The molecule has 1 unspecified atom stereocenters. The molecule has 0 bridgehead atoms. The number of benzene rings is 3. The molecule has 0 spiro atoms. The molecular weight excluding hydrogens is 669 g/mol. The van der Waals surface area contributed by atoms with Gasteiger partial charge < -0.3 is 9.47 Å². The molecule has 0 amide bonds. The summed E-state index contributed by atoms with van der Waals surface area (Å²) < 4.78 is 42.0. The number of hydrogen-bond donors (Lipinski definition) is 2. The molecule has 1 aliphatic rings. The fourth-order valence-corrected chi connectivity index (χ4v) is 5.90. The number of anilines is 2. The molecular formula is C39H54N4O7S. The number of carbonyl (C=O) groups excluding carboxylic acids is 2. The van der Waals surface area contributed by atoms with Gasteiger partial charge in [-0.2, -0.15) is 18.7 Å². The number of nitrogens with one attached hydrogen (secondary N) is 1. The topological polar surface area (TPSA) is 138 Å². The minimum absolute atomic E-state index is 0.0732. The average Bonchev–Trinajstić information content (AvgIpc) is 3.60. The normalized spacial score (nSPS) is 13.0. The van der Waals surface area contributed by atoms with Crippen LogP contribution in [0, 0.1) is 0 Å². The van der Waals surface area contributed by atoms with Gasteiger partial charge in [0.1, 0.15) is 0 Å². The molecule has 11 nitrogen and oxygen atoms in total. The van der Waals surface area contributed by atoms with E-state index < -0.39 is 33.7 Å². The maximum absolute atomic E-state index is 12.0. The highest BCUT2D eigenvalue weighted by Gasteiger charge is 2.35. The first kappa shape index (κ1) is 41.0. The zero-order valence-electron chi connectivity index (χ0n) is 30.0. The third-order valence-corrected chi connectivity index (χ3v) is 9.19. The van der Waals surface area contributed by atoms with Gasteiger partial charge >= 0.3 is 11.9 Å². The maximum atomic E-state index is 12.0. The molecule has 51 heavy (non-hydrogen) atoms. The van der Waals surface area contributed by atoms with E-state index in [1.807, 2.05) is 101 Å². The van der Waals surface area contributed by atoms with Crippen LogP contribution in [0.15, 0.2) is 96.1 Å². The molecule has 1 aliphatic heterocycles. The maximum Gasteiger partial charge on any atom is 0.327 e. The van der Waals surface area contributed by atoms with E-state index in [2.05, 4.69) is 19.3 Å². The van der Waals surface area contributed by atoms with Crippen molar-refractivity contribution in [2.24, 2.45) is 5.10 Å². The van der Waals surface area contributed by atoms with Gasteiger partial charge in [0.05, 0.1) is 31.0 Å². The van der Waals surface area contributed by atoms with Crippen molar-refractivity contribution < 1.29 is 32.0 Å². The number of hydrazone groups is 1. The minimum Gasteiger partial charge on any atom is -0.466 e. The summed E-state index contributed by atoms with van der Waals surface area (Å²) in [5, 5.41) is 6.64. The largest absolute Gasteiger partial charge is 0.466 e. The van der Waals surface area contributed by atoms with E-state index in [0.717, 1.165) is 80.6 Å². The molecule has 4 rings (SSSR count). The first-order chi connectivity index (χ1) is 24.7. The van der Waals surface area contributed by atoms with Crippen LogP contribution in [-0.2, 0) is 29.2 Å². The zero-order valence-corrected chi connectivity index (χ0v) is 30.8. The van der Waals surface area contributed by atoms with E-state index >= 15 is 0 Å². The van der Waals surface area contributed by atoms with Crippen LogP contribution < -0.4 is 15.7 Å². The second-order valence-corrected chi connectivity index (χ2v) is 13.9. The van der Waals surface area contributed by atoms with Gasteiger partial charge in [0.25, 0.3) is 10.1 Å². The summed E-state index contributed by atoms with van der Waals surface area (Å²) in [5.74, 6) is -1.11. The van der Waals surface area contributed by atoms with Crippen LogP contribution in [0.4, 0.5) is 11.4 Å². The van der Waals surface area contributed by atoms with Crippen molar-refractivity contribution in [3.8, 4) is 0 Å². The van der Waals surface area contributed by atoms with Gasteiger partial charge in [0, 0.05) is 5.56 Å². The number of hydrazine groups is 2. The Kier molecular flexibility index (Phi) is 18.6. The molecule has 0 radical (unpaired) electrons. The second-order valence-electron chi connectivity index (χ2n) is 12.3. The highest BCUT2D eigenvalue weighted by Crippen LogP contribution is 2.25. The van der Waals surface area contributed by atoms with E-state index in [1.54, 1.807) is 0 Å². The van der Waals surface area contributed by atoms with Gasteiger partial charge in [-0.1, -0.05) is 145 Å². The first-order valence-corrected chi connectivity index (χ1v) is 19.6. The number of carbonyl (C=O) groups is 2. The van der Waals surface area contributed by atoms with E-state index in [1.165, 1.54) is 6.42 Å². The predicted molar refractivity (Wildman–Crippen MR) is 203 cm³/mol. The highest BCUT2D eigenvalue weighted by molar-refractivity contribution is 7.87. The number of unbranched alkanes of at least 4 members (excludes halogenated alkanes) is 10. The molecule has 278 valence electrons. The number of amidine groups is 1.